The van der Waals surface area contributed by atoms with E-state index >= 15 is 0 Å². The van der Waals surface area contributed by atoms with Crippen LogP contribution in [0, 0.1) is 5.92 Å². The number of amides is 1. The molecule has 0 spiro atoms. The fraction of sp³-hybridized carbons (Fsp3) is 0.500. The van der Waals surface area contributed by atoms with E-state index in [1.807, 2.05) is 24.3 Å². The summed E-state index contributed by atoms with van der Waals surface area (Å²) in [4.78, 5) is 18.7. The lowest BCUT2D eigenvalue weighted by Crippen LogP contribution is -2.42. The fourth-order valence-electron chi connectivity index (χ4n) is 5.49. The van der Waals surface area contributed by atoms with Gasteiger partial charge in [0.05, 0.1) is 11.3 Å². The summed E-state index contributed by atoms with van der Waals surface area (Å²) in [6.07, 6.45) is -8.77. The molecule has 5 rings (SSSR count). The molecule has 3 aromatic rings. The molecule has 14 heteroatoms. The van der Waals surface area contributed by atoms with Crippen LogP contribution < -0.4 is 5.73 Å². The second-order valence-corrected chi connectivity index (χ2v) is 11.1. The number of nitrogens with two attached hydrogens (primary N) is 1. The predicted octanol–water partition coefficient (Wildman–Crippen LogP) is 6.21. The lowest BCUT2D eigenvalue weighted by Gasteiger charge is -2.33. The highest BCUT2D eigenvalue weighted by Crippen LogP contribution is 2.44. The number of fused-ring (bicyclic) bond motifs is 5. The SMILES string of the molecule is CC1CC(c2ccc(CN3CCCCC[C@](O)(C(F)(F)F)c4nnc(o4)-c4nc(c(C(F)(F)F)cc4N)C3=O)cc2)C1. The molecule has 1 amide bonds. The molecule has 8 nitrogen and oxygen atoms in total. The van der Waals surface area contributed by atoms with Crippen LogP contribution in [-0.4, -0.2) is 43.8 Å². The summed E-state index contributed by atoms with van der Waals surface area (Å²) >= 11 is 0. The van der Waals surface area contributed by atoms with Gasteiger partial charge < -0.3 is 20.2 Å². The molecular weight excluding hydrogens is 568 g/mol. The number of hydrogen-bond acceptors (Lipinski definition) is 7. The van der Waals surface area contributed by atoms with Crippen molar-refractivity contribution in [1.29, 1.82) is 0 Å². The first-order valence-corrected chi connectivity index (χ1v) is 13.6. The topological polar surface area (TPSA) is 118 Å². The van der Waals surface area contributed by atoms with Crippen molar-refractivity contribution in [1.82, 2.24) is 20.1 Å². The van der Waals surface area contributed by atoms with E-state index in [1.165, 1.54) is 4.90 Å². The van der Waals surface area contributed by atoms with Crippen molar-refractivity contribution in [2.75, 3.05) is 12.3 Å². The van der Waals surface area contributed by atoms with Crippen molar-refractivity contribution in [2.45, 2.75) is 75.9 Å². The molecule has 1 aromatic carbocycles. The summed E-state index contributed by atoms with van der Waals surface area (Å²) in [5.41, 5.74) is 0.428. The zero-order valence-electron chi connectivity index (χ0n) is 22.6. The molecule has 226 valence electrons. The number of aliphatic hydroxyl groups is 1. The average molecular weight is 598 g/mol. The molecule has 4 bridgehead atoms. The summed E-state index contributed by atoms with van der Waals surface area (Å²) in [6, 6.07) is 7.96. The van der Waals surface area contributed by atoms with Gasteiger partial charge in [-0.05, 0) is 61.1 Å². The summed E-state index contributed by atoms with van der Waals surface area (Å²) in [6.45, 7) is 2.04. The van der Waals surface area contributed by atoms with Crippen LogP contribution in [0.4, 0.5) is 32.0 Å². The first-order chi connectivity index (χ1) is 19.7. The second-order valence-electron chi connectivity index (χ2n) is 11.1. The van der Waals surface area contributed by atoms with Crippen LogP contribution in [-0.2, 0) is 18.3 Å². The number of carbonyl (C=O) groups excluding carboxylic acids is 1. The van der Waals surface area contributed by atoms with E-state index < -0.39 is 64.7 Å². The molecule has 1 aliphatic heterocycles. The Hall–Kier alpha value is -3.68. The van der Waals surface area contributed by atoms with Crippen LogP contribution >= 0.6 is 0 Å². The van der Waals surface area contributed by atoms with Gasteiger partial charge in [0.2, 0.25) is 5.60 Å². The summed E-state index contributed by atoms with van der Waals surface area (Å²) in [7, 11) is 0. The zero-order chi connectivity index (χ0) is 30.4. The number of nitrogen functional groups attached to an aromatic ring is 1. The number of halogens is 6. The minimum Gasteiger partial charge on any atom is -0.416 e. The van der Waals surface area contributed by atoms with Gasteiger partial charge in [0, 0.05) is 13.1 Å². The third-order valence-corrected chi connectivity index (χ3v) is 7.96. The van der Waals surface area contributed by atoms with Crippen molar-refractivity contribution in [3.63, 3.8) is 0 Å². The number of benzene rings is 1. The number of pyridine rings is 1. The highest BCUT2D eigenvalue weighted by molar-refractivity contribution is 5.95. The van der Waals surface area contributed by atoms with E-state index in [1.54, 1.807) is 0 Å². The number of rotatable bonds is 3. The first kappa shape index (κ1) is 29.8. The van der Waals surface area contributed by atoms with E-state index in [0.29, 0.717) is 23.5 Å². The second kappa shape index (κ2) is 10.9. The molecule has 1 fully saturated rings. The Morgan fingerprint density at radius 2 is 1.74 bits per heavy atom. The smallest absolute Gasteiger partial charge is 0.416 e. The maximum Gasteiger partial charge on any atom is 0.426 e. The van der Waals surface area contributed by atoms with E-state index in [-0.39, 0.29) is 32.4 Å². The minimum absolute atomic E-state index is 0.0595. The molecule has 0 saturated heterocycles. The Bertz CT molecular complexity index is 1450. The molecular formula is C28H29F6N5O3. The number of anilines is 1. The van der Waals surface area contributed by atoms with Gasteiger partial charge in [-0.25, -0.2) is 4.98 Å². The Labute approximate surface area is 236 Å². The maximum atomic E-state index is 14.1. The Kier molecular flexibility index (Phi) is 7.71. The van der Waals surface area contributed by atoms with E-state index in [2.05, 4.69) is 22.1 Å². The molecule has 0 unspecified atom stereocenters. The average Bonchev–Trinajstić information content (AvgIpc) is 3.39. The Morgan fingerprint density at radius 1 is 1.05 bits per heavy atom. The monoisotopic (exact) mass is 597 g/mol. The van der Waals surface area contributed by atoms with Gasteiger partial charge in [-0.3, -0.25) is 4.79 Å². The Morgan fingerprint density at radius 3 is 2.36 bits per heavy atom. The largest absolute Gasteiger partial charge is 0.426 e. The minimum atomic E-state index is -5.19. The number of aromatic nitrogens is 3. The van der Waals surface area contributed by atoms with Gasteiger partial charge in [-0.1, -0.05) is 37.6 Å². The van der Waals surface area contributed by atoms with Crippen LogP contribution in [0.5, 0.6) is 0 Å². The van der Waals surface area contributed by atoms with Gasteiger partial charge in [-0.15, -0.1) is 10.2 Å². The van der Waals surface area contributed by atoms with Crippen molar-refractivity contribution in [3.05, 3.63) is 58.6 Å². The lowest BCUT2D eigenvalue weighted by molar-refractivity contribution is -0.277. The fourth-order valence-corrected chi connectivity index (χ4v) is 5.49. The van der Waals surface area contributed by atoms with Crippen molar-refractivity contribution < 1.29 is 40.7 Å². The molecule has 2 aromatic heterocycles. The molecule has 3 heterocycles. The van der Waals surface area contributed by atoms with Crippen molar-refractivity contribution >= 4 is 11.6 Å². The number of nitrogens with zero attached hydrogens (tertiary/aromatic N) is 4. The van der Waals surface area contributed by atoms with E-state index in [9.17, 15) is 36.2 Å². The normalized spacial score (nSPS) is 23.8. The Balaban J connectivity index is 1.55. The van der Waals surface area contributed by atoms with Gasteiger partial charge in [-0.2, -0.15) is 26.3 Å². The zero-order valence-corrected chi connectivity index (χ0v) is 22.6. The standard InChI is InChI=1S/C28H29F6N5O3/c1-15-11-18(12-15)17-7-5-16(6-8-17)14-39-10-4-2-3-9-26(41,28(32,33)34)25-38-37-23(42-25)22-20(35)13-19(27(29,30)31)21(36-22)24(39)40/h5-8,13,15,18,41H,2-4,9-12,14,35H2,1H3/t15?,18?,26-/m1/s1. The highest BCUT2D eigenvalue weighted by Gasteiger charge is 2.58. The molecule has 3 N–H and O–H groups in total. The van der Waals surface area contributed by atoms with Crippen LogP contribution in [0.3, 0.4) is 0 Å². The van der Waals surface area contributed by atoms with Crippen LogP contribution in [0.1, 0.15) is 84.4 Å². The van der Waals surface area contributed by atoms with Gasteiger partial charge >= 0.3 is 12.4 Å². The van der Waals surface area contributed by atoms with Crippen molar-refractivity contribution in [3.8, 4) is 11.6 Å². The van der Waals surface area contributed by atoms with Crippen molar-refractivity contribution in [2.24, 2.45) is 5.92 Å². The molecule has 1 atom stereocenters. The highest BCUT2D eigenvalue weighted by atomic mass is 19.4. The quantitative estimate of drug-likeness (QED) is 0.345. The van der Waals surface area contributed by atoms with Crippen LogP contribution in [0.15, 0.2) is 34.7 Å². The third kappa shape index (κ3) is 5.68. The summed E-state index contributed by atoms with van der Waals surface area (Å²) in [5, 5.41) is 17.4. The molecule has 0 radical (unpaired) electrons. The maximum absolute atomic E-state index is 14.1. The molecule has 1 saturated carbocycles. The van der Waals surface area contributed by atoms with Gasteiger partial charge in [0.25, 0.3) is 17.7 Å². The number of alkyl halides is 6. The van der Waals surface area contributed by atoms with Gasteiger partial charge in [0.15, 0.2) is 5.69 Å². The van der Waals surface area contributed by atoms with E-state index in [4.69, 9.17) is 10.2 Å². The predicted molar refractivity (Wildman–Crippen MR) is 138 cm³/mol. The summed E-state index contributed by atoms with van der Waals surface area (Å²) in [5.74, 6) is -1.91. The molecule has 2 aliphatic rings. The number of hydrogen-bond donors (Lipinski definition) is 2. The van der Waals surface area contributed by atoms with Crippen LogP contribution in [0.2, 0.25) is 0 Å². The molecule has 42 heavy (non-hydrogen) atoms. The molecule has 1 aliphatic carbocycles. The van der Waals surface area contributed by atoms with Crippen LogP contribution in [0.25, 0.3) is 11.6 Å². The lowest BCUT2D eigenvalue weighted by atomic mass is 9.72. The van der Waals surface area contributed by atoms with E-state index in [0.717, 1.165) is 18.4 Å². The number of carbonyl (C=O) groups is 1. The van der Waals surface area contributed by atoms with Gasteiger partial charge in [0.1, 0.15) is 5.69 Å². The first-order valence-electron chi connectivity index (χ1n) is 13.6. The third-order valence-electron chi connectivity index (χ3n) is 7.96. The summed E-state index contributed by atoms with van der Waals surface area (Å²) < 4.78 is 89.1.